The van der Waals surface area contributed by atoms with Gasteiger partial charge in [-0.05, 0) is 95.5 Å². The third-order valence-electron chi connectivity index (χ3n) is 13.4. The number of Topliss-reactive ketones (excluding diaryl/α,β-unsaturated/α-hetero) is 1. The summed E-state index contributed by atoms with van der Waals surface area (Å²) in [5, 5.41) is 34.6. The number of rotatable bonds is 7. The zero-order valence-corrected chi connectivity index (χ0v) is 35.3. The molecule has 4 bridgehead atoms. The number of cyclic esters (lactones) is 1. The second-order valence-electron chi connectivity index (χ2n) is 17.7. The fourth-order valence-corrected chi connectivity index (χ4v) is 10.0. The Morgan fingerprint density at radius 1 is 0.947 bits per heavy atom. The van der Waals surface area contributed by atoms with Gasteiger partial charge in [0.25, 0.3) is 5.91 Å². The summed E-state index contributed by atoms with van der Waals surface area (Å²) in [5.74, 6) is -5.08. The van der Waals surface area contributed by atoms with Crippen LogP contribution in [0.1, 0.15) is 105 Å². The van der Waals surface area contributed by atoms with Gasteiger partial charge in [-0.25, -0.2) is 4.79 Å². The number of ether oxygens (including phenoxy) is 6. The molecule has 5 rings (SSSR count). The summed E-state index contributed by atoms with van der Waals surface area (Å²) in [4.78, 5) is 44.2. The molecule has 1 amide bonds. The van der Waals surface area contributed by atoms with Gasteiger partial charge in [-0.3, -0.25) is 9.59 Å². The van der Waals surface area contributed by atoms with Crippen LogP contribution < -0.4 is 0 Å². The number of aliphatic hydroxyl groups is 3. The first-order valence-corrected chi connectivity index (χ1v) is 21.1. The van der Waals surface area contributed by atoms with Crippen molar-refractivity contribution in [3.8, 4) is 0 Å². The first-order valence-electron chi connectivity index (χ1n) is 21.1. The van der Waals surface area contributed by atoms with Crippen LogP contribution in [0.4, 0.5) is 0 Å². The molecule has 2 unspecified atom stereocenters. The maximum atomic E-state index is 14.5. The molecule has 0 spiro atoms. The van der Waals surface area contributed by atoms with E-state index in [1.165, 1.54) is 4.90 Å². The number of aliphatic hydroxyl groups excluding tert-OH is 2. The van der Waals surface area contributed by atoms with Gasteiger partial charge in [0.05, 0.1) is 30.5 Å². The number of methoxy groups -OCH3 is 3. The molecule has 3 N–H and O–H groups in total. The molecule has 16 atom stereocenters. The van der Waals surface area contributed by atoms with Gasteiger partial charge in [0.15, 0.2) is 6.10 Å². The maximum absolute atomic E-state index is 14.5. The van der Waals surface area contributed by atoms with Crippen LogP contribution in [0.25, 0.3) is 0 Å². The SMILES string of the molecule is C=CC[C@@H]1/C=C(\C)C[C@H](C)C[C@H](OC)[C@H]2O[C@@](O)(C3OC4CCC[C@@H](C(=O)O[C@H](/C(C)=C/[C@@H]5CC[C@@H](O)[C@H](OC)C5)[C@H](C)[C@@H](O)CC1=O)N4C3=O)[C@H](C)C[C@@H]2OC. The zero-order chi connectivity index (χ0) is 41.8. The van der Waals surface area contributed by atoms with E-state index in [2.05, 4.69) is 13.5 Å². The highest BCUT2D eigenvalue weighted by Crippen LogP contribution is 2.45. The van der Waals surface area contributed by atoms with Gasteiger partial charge in [-0.2, -0.15) is 0 Å². The first kappa shape index (κ1) is 45.6. The Hall–Kier alpha value is -2.49. The van der Waals surface area contributed by atoms with Gasteiger partial charge in [0, 0.05) is 45.5 Å². The fraction of sp³-hybridized carbons (Fsp3) is 0.795. The van der Waals surface area contributed by atoms with Crippen molar-refractivity contribution in [3.63, 3.8) is 0 Å². The van der Waals surface area contributed by atoms with E-state index >= 15 is 0 Å². The van der Waals surface area contributed by atoms with Crippen molar-refractivity contribution < 1.29 is 58.1 Å². The van der Waals surface area contributed by atoms with Crippen molar-refractivity contribution in [2.45, 2.75) is 172 Å². The van der Waals surface area contributed by atoms with Gasteiger partial charge < -0.3 is 48.6 Å². The molecule has 0 aromatic carbocycles. The molecule has 57 heavy (non-hydrogen) atoms. The minimum Gasteiger partial charge on any atom is -0.456 e. The van der Waals surface area contributed by atoms with Crippen molar-refractivity contribution in [1.29, 1.82) is 0 Å². The molecule has 3 saturated heterocycles. The number of esters is 1. The number of piperidine rings is 1. The average molecular weight is 804 g/mol. The van der Waals surface area contributed by atoms with Gasteiger partial charge in [0.1, 0.15) is 30.3 Å². The third-order valence-corrected chi connectivity index (χ3v) is 13.4. The van der Waals surface area contributed by atoms with Gasteiger partial charge in [-0.1, -0.05) is 44.6 Å². The standard InChI is InChI=1S/C44H69NO12/c1-10-12-30-18-24(2)17-25(3)19-36(53-8)40-37(54-9)21-27(5)44(51,57-40)41-42(49)45-31(13-11-14-38(45)55-41)43(50)56-39(28(6)33(47)23-34(30)48)26(4)20-29-15-16-32(46)35(22-29)52-7/h10,18,20,25,27-33,35-41,46-47,51H,1,11-17,19,21-23H2,2-9H3/b24-18+,26-20+/t25-,27+,28+,29-,30+,31-,32+,33-,35+,36-,37-,38?,39+,40+,41?,44+/m0/s1. The molecule has 13 heteroatoms. The van der Waals surface area contributed by atoms with Crippen molar-refractivity contribution in [2.24, 2.45) is 29.6 Å². The van der Waals surface area contributed by atoms with E-state index in [1.54, 1.807) is 41.3 Å². The molecule has 322 valence electrons. The summed E-state index contributed by atoms with van der Waals surface area (Å²) in [5.41, 5.74) is 1.70. The highest BCUT2D eigenvalue weighted by molar-refractivity contribution is 5.89. The number of ketones is 1. The van der Waals surface area contributed by atoms with Gasteiger partial charge in [-0.15, -0.1) is 6.58 Å². The summed E-state index contributed by atoms with van der Waals surface area (Å²) >= 11 is 0. The lowest BCUT2D eigenvalue weighted by molar-refractivity contribution is -0.349. The molecular formula is C44H69NO12. The second-order valence-corrected chi connectivity index (χ2v) is 17.7. The number of hydrogen-bond donors (Lipinski definition) is 3. The normalized spacial score (nSPS) is 44.1. The molecule has 0 aromatic rings. The Bertz CT molecular complexity index is 1480. The number of nitrogens with zero attached hydrogens (tertiary/aromatic N) is 1. The quantitative estimate of drug-likeness (QED) is 0.238. The van der Waals surface area contributed by atoms with E-state index < -0.39 is 90.4 Å². The van der Waals surface area contributed by atoms with E-state index in [4.69, 9.17) is 28.4 Å². The number of hydrogen-bond acceptors (Lipinski definition) is 12. The van der Waals surface area contributed by atoms with E-state index in [0.29, 0.717) is 69.8 Å². The number of fused-ring (bicyclic) bond motifs is 4. The highest BCUT2D eigenvalue weighted by atomic mass is 16.7. The minimum absolute atomic E-state index is 0.0199. The maximum Gasteiger partial charge on any atom is 0.329 e. The molecule has 4 heterocycles. The number of amides is 1. The van der Waals surface area contributed by atoms with Gasteiger partial charge >= 0.3 is 5.97 Å². The lowest BCUT2D eigenvalue weighted by Gasteiger charge is -2.48. The molecule has 13 nitrogen and oxygen atoms in total. The van der Waals surface area contributed by atoms with E-state index in [-0.39, 0.29) is 30.1 Å². The predicted molar refractivity (Wildman–Crippen MR) is 211 cm³/mol. The predicted octanol–water partition coefficient (Wildman–Crippen LogP) is 4.79. The fourth-order valence-electron chi connectivity index (χ4n) is 10.0. The molecule has 4 fully saturated rings. The molecule has 5 aliphatic rings. The first-order chi connectivity index (χ1) is 27.1. The Kier molecular flexibility index (Phi) is 15.8. The molecule has 1 saturated carbocycles. The van der Waals surface area contributed by atoms with Crippen LogP contribution in [0, 0.1) is 29.6 Å². The van der Waals surface area contributed by atoms with Crippen molar-refractivity contribution in [1.82, 2.24) is 4.90 Å². The molecular weight excluding hydrogens is 734 g/mol. The summed E-state index contributed by atoms with van der Waals surface area (Å²) in [7, 11) is 4.76. The lowest BCUT2D eigenvalue weighted by atomic mass is 9.81. The Balaban J connectivity index is 1.54. The summed E-state index contributed by atoms with van der Waals surface area (Å²) < 4.78 is 36.7. The molecule has 0 radical (unpaired) electrons. The average Bonchev–Trinajstić information content (AvgIpc) is 3.53. The molecule has 4 aliphatic heterocycles. The van der Waals surface area contributed by atoms with E-state index in [9.17, 15) is 29.7 Å². The number of carbonyl (C=O) groups excluding carboxylic acids is 3. The smallest absolute Gasteiger partial charge is 0.329 e. The van der Waals surface area contributed by atoms with E-state index in [1.807, 2.05) is 26.0 Å². The van der Waals surface area contributed by atoms with Crippen molar-refractivity contribution >= 4 is 17.7 Å². The van der Waals surface area contributed by atoms with Gasteiger partial charge in [0.2, 0.25) is 5.79 Å². The minimum atomic E-state index is -2.04. The van der Waals surface area contributed by atoms with Crippen LogP contribution in [-0.2, 0) is 42.8 Å². The van der Waals surface area contributed by atoms with Crippen LogP contribution in [0.2, 0.25) is 0 Å². The Morgan fingerprint density at radius 3 is 2.30 bits per heavy atom. The zero-order valence-electron chi connectivity index (χ0n) is 35.3. The van der Waals surface area contributed by atoms with Crippen LogP contribution in [0.3, 0.4) is 0 Å². The number of allylic oxidation sites excluding steroid dienone is 4. The number of carbonyl (C=O) groups is 3. The van der Waals surface area contributed by atoms with Crippen LogP contribution in [-0.4, -0.2) is 126 Å². The van der Waals surface area contributed by atoms with Crippen LogP contribution >= 0.6 is 0 Å². The summed E-state index contributed by atoms with van der Waals surface area (Å²) in [6.45, 7) is 13.4. The van der Waals surface area contributed by atoms with Crippen LogP contribution in [0.15, 0.2) is 36.0 Å². The van der Waals surface area contributed by atoms with Crippen LogP contribution in [0.5, 0.6) is 0 Å². The van der Waals surface area contributed by atoms with Crippen molar-refractivity contribution in [2.75, 3.05) is 21.3 Å². The third kappa shape index (κ3) is 10.1. The van der Waals surface area contributed by atoms with Crippen molar-refractivity contribution in [3.05, 3.63) is 36.0 Å². The molecule has 1 aliphatic carbocycles. The summed E-state index contributed by atoms with van der Waals surface area (Å²) in [6.07, 6.45) is 3.80. The lowest BCUT2D eigenvalue weighted by Crippen LogP contribution is -2.64. The molecule has 0 aromatic heterocycles. The second kappa shape index (κ2) is 19.7. The Labute approximate surface area is 339 Å². The van der Waals surface area contributed by atoms with E-state index in [0.717, 1.165) is 5.57 Å². The largest absolute Gasteiger partial charge is 0.456 e. The monoisotopic (exact) mass is 803 g/mol. The highest BCUT2D eigenvalue weighted by Gasteiger charge is 2.62. The summed E-state index contributed by atoms with van der Waals surface area (Å²) in [6, 6.07) is -1.01. The topological polar surface area (TPSA) is 171 Å². The Morgan fingerprint density at radius 2 is 1.63 bits per heavy atom.